The zero-order valence-corrected chi connectivity index (χ0v) is 11.0. The summed E-state index contributed by atoms with van der Waals surface area (Å²) in [6.07, 6.45) is 4.67. The molecule has 1 aromatic rings. The van der Waals surface area contributed by atoms with Crippen molar-refractivity contribution in [2.24, 2.45) is 0 Å². The van der Waals surface area contributed by atoms with Crippen molar-refractivity contribution in [2.75, 3.05) is 6.54 Å². The highest BCUT2D eigenvalue weighted by atomic mass is 35.5. The van der Waals surface area contributed by atoms with Gasteiger partial charge >= 0.3 is 0 Å². The van der Waals surface area contributed by atoms with Crippen LogP contribution in [0.15, 0.2) is 18.2 Å². The highest BCUT2D eigenvalue weighted by molar-refractivity contribution is 6.31. The van der Waals surface area contributed by atoms with Crippen LogP contribution in [0.1, 0.15) is 42.9 Å². The van der Waals surface area contributed by atoms with Crippen LogP contribution in [0.4, 0.5) is 0 Å². The van der Waals surface area contributed by atoms with E-state index in [1.54, 1.807) is 0 Å². The van der Waals surface area contributed by atoms with Gasteiger partial charge in [0.2, 0.25) is 0 Å². The fraction of sp³-hybridized carbons (Fsp3) is 0.571. The Labute approximate surface area is 108 Å². The van der Waals surface area contributed by atoms with Crippen molar-refractivity contribution in [3.05, 3.63) is 34.3 Å². The molecule has 1 aliphatic carbocycles. The molecule has 94 valence electrons. The summed E-state index contributed by atoms with van der Waals surface area (Å²) in [5.74, 6) is 0. The Kier molecular flexibility index (Phi) is 4.43. The number of halogens is 1. The van der Waals surface area contributed by atoms with E-state index in [0.717, 1.165) is 16.1 Å². The first-order valence-electron chi connectivity index (χ1n) is 6.34. The summed E-state index contributed by atoms with van der Waals surface area (Å²) in [6, 6.07) is 6.31. The monoisotopic (exact) mass is 253 g/mol. The van der Waals surface area contributed by atoms with E-state index >= 15 is 0 Å². The first kappa shape index (κ1) is 12.9. The molecule has 2 N–H and O–H groups in total. The van der Waals surface area contributed by atoms with Crippen molar-refractivity contribution < 1.29 is 5.11 Å². The largest absolute Gasteiger partial charge is 0.387 e. The third-order valence-electron chi connectivity index (χ3n) is 3.52. The van der Waals surface area contributed by atoms with Crippen LogP contribution < -0.4 is 5.32 Å². The second-order valence-corrected chi connectivity index (χ2v) is 5.32. The van der Waals surface area contributed by atoms with Crippen molar-refractivity contribution in [1.29, 1.82) is 0 Å². The molecule has 1 fully saturated rings. The number of benzene rings is 1. The van der Waals surface area contributed by atoms with Crippen LogP contribution in [-0.4, -0.2) is 17.7 Å². The first-order chi connectivity index (χ1) is 8.16. The van der Waals surface area contributed by atoms with Gasteiger partial charge in [0, 0.05) is 17.6 Å². The average Bonchev–Trinajstić information content (AvgIpc) is 2.82. The second-order valence-electron chi connectivity index (χ2n) is 4.91. The van der Waals surface area contributed by atoms with Gasteiger partial charge in [0.05, 0.1) is 6.10 Å². The minimum absolute atomic E-state index is 0.438. The van der Waals surface area contributed by atoms with Crippen molar-refractivity contribution in [1.82, 2.24) is 5.32 Å². The summed E-state index contributed by atoms with van der Waals surface area (Å²) in [4.78, 5) is 0. The highest BCUT2D eigenvalue weighted by Gasteiger charge is 2.16. The van der Waals surface area contributed by atoms with E-state index in [-0.39, 0.29) is 0 Å². The van der Waals surface area contributed by atoms with Crippen LogP contribution in [0.3, 0.4) is 0 Å². The molecule has 1 aliphatic rings. The Hall–Kier alpha value is -0.570. The lowest BCUT2D eigenvalue weighted by Gasteiger charge is -2.17. The fourth-order valence-electron chi connectivity index (χ4n) is 2.40. The Morgan fingerprint density at radius 2 is 2.12 bits per heavy atom. The summed E-state index contributed by atoms with van der Waals surface area (Å²) in [5.41, 5.74) is 1.96. The summed E-state index contributed by atoms with van der Waals surface area (Å²) < 4.78 is 0. The molecular weight excluding hydrogens is 234 g/mol. The lowest BCUT2D eigenvalue weighted by atomic mass is 10.1. The van der Waals surface area contributed by atoms with Crippen molar-refractivity contribution in [3.8, 4) is 0 Å². The van der Waals surface area contributed by atoms with Gasteiger partial charge in [-0.15, -0.1) is 0 Å². The smallest absolute Gasteiger partial charge is 0.0914 e. The molecule has 3 heteroatoms. The maximum Gasteiger partial charge on any atom is 0.0914 e. The molecule has 0 radical (unpaired) electrons. The van der Waals surface area contributed by atoms with Gasteiger partial charge in [-0.2, -0.15) is 0 Å². The number of aliphatic hydroxyl groups is 1. The van der Waals surface area contributed by atoms with E-state index in [2.05, 4.69) is 5.32 Å². The summed E-state index contributed by atoms with van der Waals surface area (Å²) in [7, 11) is 0. The molecule has 1 unspecified atom stereocenters. The molecule has 0 aliphatic heterocycles. The van der Waals surface area contributed by atoms with E-state index in [0.29, 0.717) is 12.6 Å². The molecule has 0 bridgehead atoms. The van der Waals surface area contributed by atoms with Crippen LogP contribution in [0.5, 0.6) is 0 Å². The van der Waals surface area contributed by atoms with E-state index in [9.17, 15) is 5.11 Å². The molecule has 1 saturated carbocycles. The number of hydrogen-bond donors (Lipinski definition) is 2. The molecule has 0 amide bonds. The predicted molar refractivity (Wildman–Crippen MR) is 71.4 cm³/mol. The molecule has 1 atom stereocenters. The zero-order chi connectivity index (χ0) is 12.3. The number of hydrogen-bond acceptors (Lipinski definition) is 2. The Morgan fingerprint density at radius 1 is 1.41 bits per heavy atom. The minimum atomic E-state index is -0.438. The van der Waals surface area contributed by atoms with Crippen LogP contribution in [0.2, 0.25) is 5.02 Å². The van der Waals surface area contributed by atoms with Gasteiger partial charge in [-0.1, -0.05) is 36.6 Å². The van der Waals surface area contributed by atoms with Crippen molar-refractivity contribution in [3.63, 3.8) is 0 Å². The van der Waals surface area contributed by atoms with Crippen LogP contribution in [-0.2, 0) is 0 Å². The molecular formula is C14H20ClNO. The Balaban J connectivity index is 1.89. The Bertz CT molecular complexity index is 374. The molecule has 0 heterocycles. The van der Waals surface area contributed by atoms with Gasteiger partial charge in [0.25, 0.3) is 0 Å². The SMILES string of the molecule is Cc1cc(C(O)CNC2CCCC2)ccc1Cl. The van der Waals surface area contributed by atoms with E-state index in [1.165, 1.54) is 25.7 Å². The third-order valence-corrected chi connectivity index (χ3v) is 3.95. The summed E-state index contributed by atoms with van der Waals surface area (Å²) in [5, 5.41) is 14.3. The van der Waals surface area contributed by atoms with Crippen molar-refractivity contribution >= 4 is 11.6 Å². The van der Waals surface area contributed by atoms with Crippen LogP contribution in [0.25, 0.3) is 0 Å². The normalized spacial score (nSPS) is 18.5. The topological polar surface area (TPSA) is 32.3 Å². The van der Waals surface area contributed by atoms with Gasteiger partial charge in [-0.05, 0) is 37.0 Å². The Morgan fingerprint density at radius 3 is 2.76 bits per heavy atom. The van der Waals surface area contributed by atoms with Crippen LogP contribution in [0, 0.1) is 6.92 Å². The number of nitrogens with one attached hydrogen (secondary N) is 1. The fourth-order valence-corrected chi connectivity index (χ4v) is 2.52. The first-order valence-corrected chi connectivity index (χ1v) is 6.72. The summed E-state index contributed by atoms with van der Waals surface area (Å²) in [6.45, 7) is 2.59. The number of aryl methyl sites for hydroxylation is 1. The highest BCUT2D eigenvalue weighted by Crippen LogP contribution is 2.22. The van der Waals surface area contributed by atoms with Gasteiger partial charge in [-0.25, -0.2) is 0 Å². The van der Waals surface area contributed by atoms with Gasteiger partial charge in [-0.3, -0.25) is 0 Å². The molecule has 17 heavy (non-hydrogen) atoms. The molecule has 1 aromatic carbocycles. The predicted octanol–water partition coefficient (Wildman–Crippen LogP) is 3.21. The van der Waals surface area contributed by atoms with Crippen LogP contribution >= 0.6 is 11.6 Å². The van der Waals surface area contributed by atoms with Gasteiger partial charge < -0.3 is 10.4 Å². The van der Waals surface area contributed by atoms with Crippen molar-refractivity contribution in [2.45, 2.75) is 44.8 Å². The molecule has 0 aromatic heterocycles. The molecule has 0 saturated heterocycles. The molecule has 2 nitrogen and oxygen atoms in total. The number of rotatable bonds is 4. The maximum atomic E-state index is 10.1. The molecule has 0 spiro atoms. The molecule has 2 rings (SSSR count). The maximum absolute atomic E-state index is 10.1. The van der Waals surface area contributed by atoms with E-state index in [4.69, 9.17) is 11.6 Å². The third kappa shape index (κ3) is 3.44. The van der Waals surface area contributed by atoms with E-state index < -0.39 is 6.10 Å². The number of aliphatic hydroxyl groups excluding tert-OH is 1. The minimum Gasteiger partial charge on any atom is -0.387 e. The van der Waals surface area contributed by atoms with Gasteiger partial charge in [0.1, 0.15) is 0 Å². The summed E-state index contributed by atoms with van der Waals surface area (Å²) >= 11 is 5.97. The zero-order valence-electron chi connectivity index (χ0n) is 10.2. The van der Waals surface area contributed by atoms with Gasteiger partial charge in [0.15, 0.2) is 0 Å². The lowest BCUT2D eigenvalue weighted by Crippen LogP contribution is -2.30. The average molecular weight is 254 g/mol. The van der Waals surface area contributed by atoms with E-state index in [1.807, 2.05) is 25.1 Å². The standard InChI is InChI=1S/C14H20ClNO/c1-10-8-11(6-7-13(10)15)14(17)9-16-12-4-2-3-5-12/h6-8,12,14,16-17H,2-5,9H2,1H3. The second kappa shape index (κ2) is 5.85. The quantitative estimate of drug-likeness (QED) is 0.864. The lowest BCUT2D eigenvalue weighted by molar-refractivity contribution is 0.170.